The van der Waals surface area contributed by atoms with Crippen LogP contribution in [0, 0.1) is 5.92 Å². The van der Waals surface area contributed by atoms with Crippen molar-refractivity contribution in [1.82, 2.24) is 4.90 Å². The topological polar surface area (TPSA) is 55.6 Å². The molecule has 0 bridgehead atoms. The number of nitrogens with two attached hydrogens (primary N) is 1. The van der Waals surface area contributed by atoms with Gasteiger partial charge in [-0.05, 0) is 31.7 Å². The molecule has 1 aromatic carbocycles. The number of benzene rings is 1. The number of halogens is 1. The zero-order valence-corrected chi connectivity index (χ0v) is 14.3. The number of carbonyl (C=O) groups excluding carboxylic acids is 1. The molecule has 0 unspecified atom stereocenters. The molecule has 0 heterocycles. The molecule has 22 heavy (non-hydrogen) atoms. The SMILES string of the molecule is CCOc1ccccc1CN(C)C(=O)C[C@@H]1CCC[C@H]1N.Cl. The third-order valence-corrected chi connectivity index (χ3v) is 4.26. The largest absolute Gasteiger partial charge is 0.494 e. The second kappa shape index (κ2) is 9.01. The van der Waals surface area contributed by atoms with Gasteiger partial charge in [-0.15, -0.1) is 12.4 Å². The van der Waals surface area contributed by atoms with Gasteiger partial charge in [0.25, 0.3) is 0 Å². The van der Waals surface area contributed by atoms with Crippen LogP contribution in [0.4, 0.5) is 0 Å². The van der Waals surface area contributed by atoms with Crippen LogP contribution >= 0.6 is 12.4 Å². The molecule has 0 aromatic heterocycles. The van der Waals surface area contributed by atoms with E-state index < -0.39 is 0 Å². The predicted octanol–water partition coefficient (Wildman–Crippen LogP) is 2.98. The van der Waals surface area contributed by atoms with E-state index in [1.54, 1.807) is 4.90 Å². The number of nitrogens with zero attached hydrogens (tertiary/aromatic N) is 1. The van der Waals surface area contributed by atoms with Crippen molar-refractivity contribution in [3.8, 4) is 5.75 Å². The second-order valence-electron chi connectivity index (χ2n) is 5.85. The van der Waals surface area contributed by atoms with Crippen LogP contribution in [0.3, 0.4) is 0 Å². The van der Waals surface area contributed by atoms with Crippen LogP contribution in [0.1, 0.15) is 38.2 Å². The Balaban J connectivity index is 0.00000242. The lowest BCUT2D eigenvalue weighted by Crippen LogP contribution is -2.32. The average molecular weight is 327 g/mol. The van der Waals surface area contributed by atoms with Crippen molar-refractivity contribution in [2.24, 2.45) is 11.7 Å². The maximum atomic E-state index is 12.3. The van der Waals surface area contributed by atoms with Gasteiger partial charge in [0.1, 0.15) is 5.75 Å². The molecule has 4 nitrogen and oxygen atoms in total. The van der Waals surface area contributed by atoms with Crippen LogP contribution in [0.15, 0.2) is 24.3 Å². The number of para-hydroxylation sites is 1. The summed E-state index contributed by atoms with van der Waals surface area (Å²) in [6.45, 7) is 3.18. The Morgan fingerprint density at radius 2 is 2.09 bits per heavy atom. The van der Waals surface area contributed by atoms with Gasteiger partial charge in [-0.2, -0.15) is 0 Å². The van der Waals surface area contributed by atoms with Gasteiger partial charge in [-0.3, -0.25) is 4.79 Å². The lowest BCUT2D eigenvalue weighted by molar-refractivity contribution is -0.131. The lowest BCUT2D eigenvalue weighted by Gasteiger charge is -2.22. The van der Waals surface area contributed by atoms with Crippen molar-refractivity contribution in [1.29, 1.82) is 0 Å². The Labute approximate surface area is 139 Å². The summed E-state index contributed by atoms with van der Waals surface area (Å²) in [5, 5.41) is 0. The molecule has 2 atom stereocenters. The molecule has 1 saturated carbocycles. The molecule has 0 aliphatic heterocycles. The first-order valence-corrected chi connectivity index (χ1v) is 7.82. The Morgan fingerprint density at radius 3 is 2.73 bits per heavy atom. The molecule has 0 spiro atoms. The molecule has 1 aliphatic rings. The van der Waals surface area contributed by atoms with Crippen LogP contribution in [-0.2, 0) is 11.3 Å². The van der Waals surface area contributed by atoms with Gasteiger partial charge in [-0.25, -0.2) is 0 Å². The zero-order chi connectivity index (χ0) is 15.2. The second-order valence-corrected chi connectivity index (χ2v) is 5.85. The van der Waals surface area contributed by atoms with Crippen molar-refractivity contribution in [2.75, 3.05) is 13.7 Å². The fourth-order valence-corrected chi connectivity index (χ4v) is 2.97. The molecule has 5 heteroatoms. The number of amides is 1. The van der Waals surface area contributed by atoms with Crippen molar-refractivity contribution < 1.29 is 9.53 Å². The van der Waals surface area contributed by atoms with Crippen LogP contribution in [0.5, 0.6) is 5.75 Å². The minimum atomic E-state index is 0. The Hall–Kier alpha value is -1.26. The number of carbonyl (C=O) groups is 1. The molecule has 2 N–H and O–H groups in total. The molecule has 1 aliphatic carbocycles. The third kappa shape index (κ3) is 4.89. The normalized spacial score (nSPS) is 20.3. The van der Waals surface area contributed by atoms with Crippen molar-refractivity contribution >= 4 is 18.3 Å². The number of hydrogen-bond donors (Lipinski definition) is 1. The van der Waals surface area contributed by atoms with Gasteiger partial charge >= 0.3 is 0 Å². The molecule has 1 amide bonds. The summed E-state index contributed by atoms with van der Waals surface area (Å²) >= 11 is 0. The molecule has 2 rings (SSSR count). The predicted molar refractivity (Wildman–Crippen MR) is 91.3 cm³/mol. The quantitative estimate of drug-likeness (QED) is 0.874. The van der Waals surface area contributed by atoms with Crippen LogP contribution in [0.25, 0.3) is 0 Å². The van der Waals surface area contributed by atoms with Gasteiger partial charge in [0.15, 0.2) is 0 Å². The fraction of sp³-hybridized carbons (Fsp3) is 0.588. The highest BCUT2D eigenvalue weighted by molar-refractivity contribution is 5.85. The minimum absolute atomic E-state index is 0. The molecule has 0 saturated heterocycles. The van der Waals surface area contributed by atoms with Gasteiger partial charge in [0.2, 0.25) is 5.91 Å². The third-order valence-electron chi connectivity index (χ3n) is 4.26. The number of hydrogen-bond acceptors (Lipinski definition) is 3. The monoisotopic (exact) mass is 326 g/mol. The highest BCUT2D eigenvalue weighted by Gasteiger charge is 2.27. The van der Waals surface area contributed by atoms with Crippen molar-refractivity contribution in [3.63, 3.8) is 0 Å². The highest BCUT2D eigenvalue weighted by Crippen LogP contribution is 2.28. The van der Waals surface area contributed by atoms with E-state index in [1.165, 1.54) is 0 Å². The summed E-state index contributed by atoms with van der Waals surface area (Å²) in [6.07, 6.45) is 3.84. The maximum Gasteiger partial charge on any atom is 0.222 e. The summed E-state index contributed by atoms with van der Waals surface area (Å²) < 4.78 is 5.61. The van der Waals surface area contributed by atoms with E-state index in [0.717, 1.165) is 30.6 Å². The van der Waals surface area contributed by atoms with E-state index in [0.29, 0.717) is 25.5 Å². The summed E-state index contributed by atoms with van der Waals surface area (Å²) in [5.41, 5.74) is 7.10. The maximum absolute atomic E-state index is 12.3. The molecule has 1 fully saturated rings. The van der Waals surface area contributed by atoms with E-state index in [-0.39, 0.29) is 24.4 Å². The number of rotatable bonds is 6. The fourth-order valence-electron chi connectivity index (χ4n) is 2.97. The Morgan fingerprint density at radius 1 is 1.36 bits per heavy atom. The van der Waals surface area contributed by atoms with E-state index >= 15 is 0 Å². The number of ether oxygens (including phenoxy) is 1. The smallest absolute Gasteiger partial charge is 0.222 e. The average Bonchev–Trinajstić information content (AvgIpc) is 2.86. The van der Waals surface area contributed by atoms with Gasteiger partial charge in [-0.1, -0.05) is 24.6 Å². The molecular weight excluding hydrogens is 300 g/mol. The lowest BCUT2D eigenvalue weighted by atomic mass is 9.99. The molecular formula is C17H27ClN2O2. The van der Waals surface area contributed by atoms with Crippen molar-refractivity contribution in [2.45, 2.75) is 45.2 Å². The summed E-state index contributed by atoms with van der Waals surface area (Å²) in [4.78, 5) is 14.1. The summed E-state index contributed by atoms with van der Waals surface area (Å²) in [6, 6.07) is 8.08. The first-order chi connectivity index (χ1) is 10.1. The van der Waals surface area contributed by atoms with Crippen molar-refractivity contribution in [3.05, 3.63) is 29.8 Å². The first kappa shape index (κ1) is 18.8. The van der Waals surface area contributed by atoms with Crippen LogP contribution in [0.2, 0.25) is 0 Å². The Bertz CT molecular complexity index is 481. The summed E-state index contributed by atoms with van der Waals surface area (Å²) in [5.74, 6) is 1.38. The van der Waals surface area contributed by atoms with E-state index in [4.69, 9.17) is 10.5 Å². The van der Waals surface area contributed by atoms with E-state index in [1.807, 2.05) is 38.2 Å². The Kier molecular flexibility index (Phi) is 7.69. The molecule has 1 aromatic rings. The summed E-state index contributed by atoms with van der Waals surface area (Å²) in [7, 11) is 1.85. The van der Waals surface area contributed by atoms with Crippen LogP contribution < -0.4 is 10.5 Å². The van der Waals surface area contributed by atoms with E-state index in [9.17, 15) is 4.79 Å². The van der Waals surface area contributed by atoms with E-state index in [2.05, 4.69) is 0 Å². The first-order valence-electron chi connectivity index (χ1n) is 7.82. The standard InChI is InChI=1S/C17H26N2O2.ClH/c1-3-21-16-10-5-4-7-14(16)12-19(2)17(20)11-13-8-6-9-15(13)18;/h4-5,7,10,13,15H,3,6,8-9,11-12,18H2,1-2H3;1H/t13-,15+;/m0./s1. The minimum Gasteiger partial charge on any atom is -0.494 e. The highest BCUT2D eigenvalue weighted by atomic mass is 35.5. The molecule has 124 valence electrons. The van der Waals surface area contributed by atoms with Crippen LogP contribution in [-0.4, -0.2) is 30.5 Å². The van der Waals surface area contributed by atoms with Gasteiger partial charge < -0.3 is 15.4 Å². The van der Waals surface area contributed by atoms with Gasteiger partial charge in [0.05, 0.1) is 6.61 Å². The zero-order valence-electron chi connectivity index (χ0n) is 13.5. The van der Waals surface area contributed by atoms with Gasteiger partial charge in [0, 0.05) is 31.6 Å². The molecule has 0 radical (unpaired) electrons.